The van der Waals surface area contributed by atoms with Crippen LogP contribution >= 0.6 is 11.6 Å². The van der Waals surface area contributed by atoms with Gasteiger partial charge in [-0.25, -0.2) is 13.2 Å². The Morgan fingerprint density at radius 3 is 2.27 bits per heavy atom. The smallest absolute Gasteiger partial charge is 0.416 e. The van der Waals surface area contributed by atoms with Gasteiger partial charge < -0.3 is 9.47 Å². The van der Waals surface area contributed by atoms with E-state index in [-0.39, 0.29) is 27.0 Å². The van der Waals surface area contributed by atoms with E-state index < -0.39 is 27.5 Å². The summed E-state index contributed by atoms with van der Waals surface area (Å²) in [5.41, 5.74) is -1.21. The highest BCUT2D eigenvalue weighted by atomic mass is 35.5. The van der Waals surface area contributed by atoms with Gasteiger partial charge in [-0.1, -0.05) is 11.6 Å². The van der Waals surface area contributed by atoms with Gasteiger partial charge in [-0.15, -0.1) is 0 Å². The first kappa shape index (κ1) is 20.1. The Morgan fingerprint density at radius 2 is 1.77 bits per heavy atom. The summed E-state index contributed by atoms with van der Waals surface area (Å²) in [6, 6.07) is 5.99. The predicted octanol–water partition coefficient (Wildman–Crippen LogP) is 4.34. The lowest BCUT2D eigenvalue weighted by atomic mass is 10.2. The lowest BCUT2D eigenvalue weighted by Gasteiger charge is -2.13. The van der Waals surface area contributed by atoms with E-state index >= 15 is 0 Å². The molecule has 2 aromatic rings. The van der Waals surface area contributed by atoms with Crippen molar-refractivity contribution in [2.24, 2.45) is 0 Å². The second-order valence-electron chi connectivity index (χ2n) is 5.17. The molecular formula is C16H12ClF3O5S. The van der Waals surface area contributed by atoms with Crippen LogP contribution in [0.25, 0.3) is 0 Å². The average molecular weight is 409 g/mol. The molecule has 0 N–H and O–H groups in total. The normalized spacial score (nSPS) is 11.9. The lowest BCUT2D eigenvalue weighted by molar-refractivity contribution is -0.137. The molecule has 0 radical (unpaired) electrons. The number of sulfone groups is 1. The Balaban J connectivity index is 2.43. The zero-order valence-corrected chi connectivity index (χ0v) is 15.0. The van der Waals surface area contributed by atoms with Crippen LogP contribution in [0.2, 0.25) is 5.02 Å². The molecule has 0 aromatic heterocycles. The molecule has 0 aliphatic heterocycles. The quantitative estimate of drug-likeness (QED) is 0.704. The van der Waals surface area contributed by atoms with E-state index in [1.807, 2.05) is 0 Å². The number of carbonyl (C=O) groups excluding carboxylic acids is 1. The Morgan fingerprint density at radius 1 is 1.12 bits per heavy atom. The van der Waals surface area contributed by atoms with Crippen LogP contribution in [0, 0.1) is 0 Å². The minimum absolute atomic E-state index is 0.000501. The van der Waals surface area contributed by atoms with Crippen LogP contribution in [0.15, 0.2) is 41.3 Å². The highest BCUT2D eigenvalue weighted by Crippen LogP contribution is 2.37. The van der Waals surface area contributed by atoms with Gasteiger partial charge in [-0.3, -0.25) is 0 Å². The standard InChI is InChI=1S/C16H12ClF3O5S/c1-24-15(21)11-8-10(4-6-14(11)26(2,22)23)25-13-5-3-9(7-12(13)17)16(18,19)20/h3-8H,1-2H3. The molecule has 10 heteroatoms. The average Bonchev–Trinajstić information content (AvgIpc) is 2.54. The minimum atomic E-state index is -4.56. The van der Waals surface area contributed by atoms with Crippen molar-refractivity contribution in [1.29, 1.82) is 0 Å². The van der Waals surface area contributed by atoms with E-state index in [4.69, 9.17) is 16.3 Å². The van der Waals surface area contributed by atoms with E-state index in [0.29, 0.717) is 6.07 Å². The van der Waals surface area contributed by atoms with Crippen LogP contribution in [0.5, 0.6) is 11.5 Å². The molecular weight excluding hydrogens is 397 g/mol. The van der Waals surface area contributed by atoms with Gasteiger partial charge in [-0.2, -0.15) is 13.2 Å². The highest BCUT2D eigenvalue weighted by molar-refractivity contribution is 7.90. The van der Waals surface area contributed by atoms with E-state index in [9.17, 15) is 26.4 Å². The van der Waals surface area contributed by atoms with Gasteiger partial charge in [0.15, 0.2) is 9.84 Å². The van der Waals surface area contributed by atoms with Gasteiger partial charge in [0.2, 0.25) is 0 Å². The molecule has 140 valence electrons. The number of benzene rings is 2. The summed E-state index contributed by atoms with van der Waals surface area (Å²) in [4.78, 5) is 11.5. The van der Waals surface area contributed by atoms with Crippen LogP contribution in [0.4, 0.5) is 13.2 Å². The first-order chi connectivity index (χ1) is 11.9. The molecule has 26 heavy (non-hydrogen) atoms. The van der Waals surface area contributed by atoms with Crippen molar-refractivity contribution in [2.45, 2.75) is 11.1 Å². The van der Waals surface area contributed by atoms with Gasteiger partial charge in [0.25, 0.3) is 0 Å². The minimum Gasteiger partial charge on any atom is -0.465 e. The van der Waals surface area contributed by atoms with Gasteiger partial charge in [0.1, 0.15) is 11.5 Å². The number of halogens is 4. The Kier molecular flexibility index (Phi) is 5.52. The second kappa shape index (κ2) is 7.16. The van der Waals surface area contributed by atoms with Crippen molar-refractivity contribution in [3.8, 4) is 11.5 Å². The number of hydrogen-bond donors (Lipinski definition) is 0. The third-order valence-electron chi connectivity index (χ3n) is 3.24. The first-order valence-electron chi connectivity index (χ1n) is 6.90. The highest BCUT2D eigenvalue weighted by Gasteiger charge is 2.31. The maximum absolute atomic E-state index is 12.7. The second-order valence-corrected chi connectivity index (χ2v) is 7.56. The monoisotopic (exact) mass is 408 g/mol. The van der Waals surface area contributed by atoms with Gasteiger partial charge >= 0.3 is 12.1 Å². The summed E-state index contributed by atoms with van der Waals surface area (Å²) in [6.07, 6.45) is -3.64. The topological polar surface area (TPSA) is 69.7 Å². The molecule has 2 rings (SSSR count). The Bertz CT molecular complexity index is 955. The van der Waals surface area contributed by atoms with Crippen molar-refractivity contribution in [3.63, 3.8) is 0 Å². The number of ether oxygens (including phenoxy) is 2. The van der Waals surface area contributed by atoms with Gasteiger partial charge in [0, 0.05) is 6.26 Å². The fraction of sp³-hybridized carbons (Fsp3) is 0.188. The zero-order valence-electron chi connectivity index (χ0n) is 13.4. The molecule has 0 heterocycles. The van der Waals surface area contributed by atoms with Crippen LogP contribution in [0.1, 0.15) is 15.9 Å². The fourth-order valence-corrected chi connectivity index (χ4v) is 3.13. The number of hydrogen-bond acceptors (Lipinski definition) is 5. The van der Waals surface area contributed by atoms with Gasteiger partial charge in [-0.05, 0) is 36.4 Å². The molecule has 0 saturated carbocycles. The number of esters is 1. The summed E-state index contributed by atoms with van der Waals surface area (Å²) >= 11 is 5.81. The zero-order chi connectivity index (χ0) is 19.7. The fourth-order valence-electron chi connectivity index (χ4n) is 2.05. The molecule has 0 aliphatic carbocycles. The van der Waals surface area contributed by atoms with E-state index in [2.05, 4.69) is 4.74 Å². The predicted molar refractivity (Wildman–Crippen MR) is 87.4 cm³/mol. The van der Waals surface area contributed by atoms with Crippen molar-refractivity contribution in [1.82, 2.24) is 0 Å². The van der Waals surface area contributed by atoms with Crippen molar-refractivity contribution < 1.29 is 35.9 Å². The van der Waals surface area contributed by atoms with E-state index in [1.165, 1.54) is 6.07 Å². The summed E-state index contributed by atoms with van der Waals surface area (Å²) in [7, 11) is -2.64. The summed E-state index contributed by atoms with van der Waals surface area (Å²) < 4.78 is 71.4. The third-order valence-corrected chi connectivity index (χ3v) is 4.69. The lowest BCUT2D eigenvalue weighted by Crippen LogP contribution is -2.10. The van der Waals surface area contributed by atoms with E-state index in [0.717, 1.165) is 37.6 Å². The molecule has 0 atom stereocenters. The molecule has 0 amide bonds. The van der Waals surface area contributed by atoms with E-state index in [1.54, 1.807) is 0 Å². The summed E-state index contributed by atoms with van der Waals surface area (Å²) in [6.45, 7) is 0. The molecule has 0 saturated heterocycles. The maximum Gasteiger partial charge on any atom is 0.416 e. The Hall–Kier alpha value is -2.26. The molecule has 2 aromatic carbocycles. The number of rotatable bonds is 4. The number of carbonyl (C=O) groups is 1. The molecule has 0 fully saturated rings. The van der Waals surface area contributed by atoms with Crippen molar-refractivity contribution in [3.05, 3.63) is 52.5 Å². The maximum atomic E-state index is 12.7. The summed E-state index contributed by atoms with van der Waals surface area (Å²) in [5, 5.41) is -0.299. The van der Waals surface area contributed by atoms with Crippen molar-refractivity contribution in [2.75, 3.05) is 13.4 Å². The van der Waals surface area contributed by atoms with Crippen LogP contribution in [-0.4, -0.2) is 27.8 Å². The van der Waals surface area contributed by atoms with Crippen LogP contribution < -0.4 is 4.74 Å². The van der Waals surface area contributed by atoms with Gasteiger partial charge in [0.05, 0.1) is 28.2 Å². The molecule has 5 nitrogen and oxygen atoms in total. The largest absolute Gasteiger partial charge is 0.465 e. The van der Waals surface area contributed by atoms with Crippen LogP contribution in [-0.2, 0) is 20.8 Å². The Labute approximate surface area is 152 Å². The van der Waals surface area contributed by atoms with Crippen LogP contribution in [0.3, 0.4) is 0 Å². The molecule has 0 unspecified atom stereocenters. The first-order valence-corrected chi connectivity index (χ1v) is 9.17. The molecule has 0 spiro atoms. The SMILES string of the molecule is COC(=O)c1cc(Oc2ccc(C(F)(F)F)cc2Cl)ccc1S(C)(=O)=O. The number of alkyl halides is 3. The molecule has 0 aliphatic rings. The number of methoxy groups -OCH3 is 1. The third kappa shape index (κ3) is 4.47. The van der Waals surface area contributed by atoms with Crippen molar-refractivity contribution >= 4 is 27.4 Å². The summed E-state index contributed by atoms with van der Waals surface area (Å²) in [5.74, 6) is -1.00. The molecule has 0 bridgehead atoms.